The van der Waals surface area contributed by atoms with E-state index in [2.05, 4.69) is 12.2 Å². The molecule has 0 aliphatic rings. The van der Waals surface area contributed by atoms with Crippen LogP contribution in [-0.2, 0) is 4.79 Å². The molecule has 1 amide bonds. The topological polar surface area (TPSA) is 55.1 Å². The Morgan fingerprint density at radius 1 is 1.54 bits per heavy atom. The van der Waals surface area contributed by atoms with Gasteiger partial charge in [0, 0.05) is 18.0 Å². The molecule has 3 N–H and O–H groups in total. The van der Waals surface area contributed by atoms with Crippen molar-refractivity contribution >= 4 is 5.91 Å². The lowest BCUT2D eigenvalue weighted by Crippen LogP contribution is -2.43. The average Bonchev–Trinajstić information content (AvgIpc) is 2.00. The van der Waals surface area contributed by atoms with Crippen molar-refractivity contribution in [2.24, 2.45) is 5.73 Å². The van der Waals surface area contributed by atoms with E-state index in [1.807, 2.05) is 20.8 Å². The molecule has 13 heavy (non-hydrogen) atoms. The molecule has 78 valence electrons. The minimum Gasteiger partial charge on any atom is -0.351 e. The number of rotatable bonds is 5. The van der Waals surface area contributed by atoms with Crippen molar-refractivity contribution < 1.29 is 4.79 Å². The highest BCUT2D eigenvalue weighted by atomic mass is 16.1. The van der Waals surface area contributed by atoms with Crippen LogP contribution in [0.2, 0.25) is 0 Å². The van der Waals surface area contributed by atoms with E-state index in [9.17, 15) is 4.79 Å². The number of nitrogens with one attached hydrogen (secondary N) is 1. The maximum absolute atomic E-state index is 11.4. The van der Waals surface area contributed by atoms with Gasteiger partial charge in [0.1, 0.15) is 0 Å². The van der Waals surface area contributed by atoms with Crippen molar-refractivity contribution in [3.63, 3.8) is 0 Å². The van der Waals surface area contributed by atoms with Gasteiger partial charge in [-0.05, 0) is 33.6 Å². The summed E-state index contributed by atoms with van der Waals surface area (Å²) in [6.07, 6.45) is 2.23. The molecule has 0 saturated carbocycles. The van der Waals surface area contributed by atoms with Crippen molar-refractivity contribution in [2.45, 2.75) is 58.5 Å². The average molecular weight is 186 g/mol. The van der Waals surface area contributed by atoms with Gasteiger partial charge in [-0.2, -0.15) is 0 Å². The summed E-state index contributed by atoms with van der Waals surface area (Å²) in [5.41, 5.74) is 5.47. The molecule has 3 heteroatoms. The van der Waals surface area contributed by atoms with Crippen LogP contribution in [0.3, 0.4) is 0 Å². The Balaban J connectivity index is 3.74. The summed E-state index contributed by atoms with van der Waals surface area (Å²) in [5, 5.41) is 2.97. The third-order valence-electron chi connectivity index (χ3n) is 2.19. The SMILES string of the molecule is CCC(C)(C)NC(=O)CCC(C)N. The van der Waals surface area contributed by atoms with Gasteiger partial charge in [-0.15, -0.1) is 0 Å². The second-order valence-corrected chi connectivity index (χ2v) is 4.30. The summed E-state index contributed by atoms with van der Waals surface area (Å²) in [6.45, 7) is 8.03. The van der Waals surface area contributed by atoms with E-state index in [0.717, 1.165) is 12.8 Å². The fraction of sp³-hybridized carbons (Fsp3) is 0.900. The van der Waals surface area contributed by atoms with Crippen LogP contribution in [0.5, 0.6) is 0 Å². The largest absolute Gasteiger partial charge is 0.351 e. The summed E-state index contributed by atoms with van der Waals surface area (Å²) < 4.78 is 0. The molecular formula is C10H22N2O. The Labute approximate surface area is 81.1 Å². The number of nitrogens with two attached hydrogens (primary N) is 1. The molecule has 0 fully saturated rings. The van der Waals surface area contributed by atoms with Gasteiger partial charge in [0.05, 0.1) is 0 Å². The number of carbonyl (C=O) groups excluding carboxylic acids is 1. The van der Waals surface area contributed by atoms with Crippen LogP contribution >= 0.6 is 0 Å². The second-order valence-electron chi connectivity index (χ2n) is 4.30. The lowest BCUT2D eigenvalue weighted by molar-refractivity contribution is -0.122. The van der Waals surface area contributed by atoms with Crippen LogP contribution in [-0.4, -0.2) is 17.5 Å². The van der Waals surface area contributed by atoms with Gasteiger partial charge >= 0.3 is 0 Å². The third kappa shape index (κ3) is 6.58. The first kappa shape index (κ1) is 12.4. The monoisotopic (exact) mass is 186 g/mol. The molecule has 0 aromatic rings. The van der Waals surface area contributed by atoms with Crippen molar-refractivity contribution in [1.82, 2.24) is 5.32 Å². The third-order valence-corrected chi connectivity index (χ3v) is 2.19. The zero-order valence-electron chi connectivity index (χ0n) is 9.18. The highest BCUT2D eigenvalue weighted by Crippen LogP contribution is 2.07. The molecule has 0 heterocycles. The van der Waals surface area contributed by atoms with Gasteiger partial charge in [0.25, 0.3) is 0 Å². The van der Waals surface area contributed by atoms with E-state index >= 15 is 0 Å². The number of carbonyl (C=O) groups is 1. The summed E-state index contributed by atoms with van der Waals surface area (Å²) >= 11 is 0. The smallest absolute Gasteiger partial charge is 0.220 e. The lowest BCUT2D eigenvalue weighted by atomic mass is 10.0. The summed E-state index contributed by atoms with van der Waals surface area (Å²) in [4.78, 5) is 11.4. The predicted molar refractivity (Wildman–Crippen MR) is 55.4 cm³/mol. The quantitative estimate of drug-likeness (QED) is 0.682. The minimum absolute atomic E-state index is 0.0884. The summed E-state index contributed by atoms with van der Waals surface area (Å²) in [7, 11) is 0. The molecule has 0 aromatic heterocycles. The summed E-state index contributed by atoms with van der Waals surface area (Å²) in [5.74, 6) is 0.101. The van der Waals surface area contributed by atoms with Crippen LogP contribution in [0.1, 0.15) is 47.0 Å². The Morgan fingerprint density at radius 2 is 2.08 bits per heavy atom. The van der Waals surface area contributed by atoms with Crippen LogP contribution < -0.4 is 11.1 Å². The molecule has 1 unspecified atom stereocenters. The Bertz CT molecular complexity index is 164. The molecule has 0 aromatic carbocycles. The standard InChI is InChI=1S/C10H22N2O/c1-5-10(3,4)12-9(13)7-6-8(2)11/h8H,5-7,11H2,1-4H3,(H,12,13). The highest BCUT2D eigenvalue weighted by molar-refractivity contribution is 5.76. The zero-order chi connectivity index (χ0) is 10.5. The van der Waals surface area contributed by atoms with Crippen LogP contribution in [0.4, 0.5) is 0 Å². The maximum Gasteiger partial charge on any atom is 0.220 e. The maximum atomic E-state index is 11.4. The lowest BCUT2D eigenvalue weighted by Gasteiger charge is -2.24. The number of amides is 1. The first-order valence-electron chi connectivity index (χ1n) is 4.94. The van der Waals surface area contributed by atoms with Gasteiger partial charge < -0.3 is 11.1 Å². The molecule has 0 radical (unpaired) electrons. The van der Waals surface area contributed by atoms with Gasteiger partial charge in [-0.3, -0.25) is 4.79 Å². The Morgan fingerprint density at radius 3 is 2.46 bits per heavy atom. The first-order valence-corrected chi connectivity index (χ1v) is 4.94. The number of hydrogen-bond acceptors (Lipinski definition) is 2. The van der Waals surface area contributed by atoms with Gasteiger partial charge in [0.15, 0.2) is 0 Å². The normalized spacial score (nSPS) is 13.9. The Hall–Kier alpha value is -0.570. The first-order chi connectivity index (χ1) is 5.87. The van der Waals surface area contributed by atoms with Gasteiger partial charge in [-0.25, -0.2) is 0 Å². The van der Waals surface area contributed by atoms with Crippen molar-refractivity contribution in [2.75, 3.05) is 0 Å². The van der Waals surface area contributed by atoms with E-state index < -0.39 is 0 Å². The van der Waals surface area contributed by atoms with Crippen LogP contribution in [0.15, 0.2) is 0 Å². The molecule has 0 bridgehead atoms. The van der Waals surface area contributed by atoms with Crippen molar-refractivity contribution in [3.8, 4) is 0 Å². The fourth-order valence-electron chi connectivity index (χ4n) is 0.887. The van der Waals surface area contributed by atoms with E-state index in [4.69, 9.17) is 5.73 Å². The van der Waals surface area contributed by atoms with Crippen LogP contribution in [0, 0.1) is 0 Å². The Kier molecular flexibility index (Phi) is 4.99. The fourth-order valence-corrected chi connectivity index (χ4v) is 0.887. The van der Waals surface area contributed by atoms with Crippen molar-refractivity contribution in [3.05, 3.63) is 0 Å². The van der Waals surface area contributed by atoms with Gasteiger partial charge in [-0.1, -0.05) is 6.92 Å². The molecule has 1 atom stereocenters. The van der Waals surface area contributed by atoms with Crippen molar-refractivity contribution in [1.29, 1.82) is 0 Å². The minimum atomic E-state index is -0.0884. The van der Waals surface area contributed by atoms with Gasteiger partial charge in [0.2, 0.25) is 5.91 Å². The molecule has 0 aliphatic carbocycles. The second kappa shape index (κ2) is 5.22. The number of hydrogen-bond donors (Lipinski definition) is 2. The molecule has 0 rings (SSSR count). The van der Waals surface area contributed by atoms with Crippen LogP contribution in [0.25, 0.3) is 0 Å². The molecule has 3 nitrogen and oxygen atoms in total. The molecule has 0 spiro atoms. The zero-order valence-corrected chi connectivity index (χ0v) is 9.18. The molecular weight excluding hydrogens is 164 g/mol. The molecule has 0 aliphatic heterocycles. The van der Waals surface area contributed by atoms with E-state index in [1.165, 1.54) is 0 Å². The highest BCUT2D eigenvalue weighted by Gasteiger charge is 2.17. The van der Waals surface area contributed by atoms with E-state index in [-0.39, 0.29) is 17.5 Å². The predicted octanol–water partition coefficient (Wildman–Crippen LogP) is 1.42. The molecule has 0 saturated heterocycles. The summed E-state index contributed by atoms with van der Waals surface area (Å²) in [6, 6.07) is 0.107. The van der Waals surface area contributed by atoms with E-state index in [0.29, 0.717) is 6.42 Å². The van der Waals surface area contributed by atoms with E-state index in [1.54, 1.807) is 0 Å².